The molecule has 5 heteroatoms. The molecule has 2 aliphatic heterocycles. The normalized spacial score (nSPS) is 30.9. The molecule has 2 aliphatic rings. The number of hydrogen-bond donors (Lipinski definition) is 1. The number of nitrogens with one attached hydrogen (secondary N) is 1. The van der Waals surface area contributed by atoms with Crippen molar-refractivity contribution in [2.24, 2.45) is 5.92 Å². The van der Waals surface area contributed by atoms with Crippen LogP contribution in [0.25, 0.3) is 0 Å². The second-order valence-corrected chi connectivity index (χ2v) is 6.03. The molecule has 1 N–H and O–H groups in total. The number of morpholine rings is 1. The van der Waals surface area contributed by atoms with Crippen molar-refractivity contribution in [1.82, 2.24) is 10.2 Å². The standard InChI is InChI=1S/C13H24N2O2.ClH/c1-10-8-15(9-13(2,3)17-10)12(16)6-11-4-5-14-7-11;/h10-11,14H,4-9H2,1-3H3;1H. The average molecular weight is 277 g/mol. The third-order valence-corrected chi connectivity index (χ3v) is 3.55. The van der Waals surface area contributed by atoms with E-state index in [2.05, 4.69) is 19.2 Å². The molecule has 0 aromatic rings. The van der Waals surface area contributed by atoms with Gasteiger partial charge in [0.1, 0.15) is 0 Å². The van der Waals surface area contributed by atoms with Crippen LogP contribution in [0.15, 0.2) is 0 Å². The highest BCUT2D eigenvalue weighted by Crippen LogP contribution is 2.23. The highest BCUT2D eigenvalue weighted by Gasteiger charge is 2.34. The number of hydrogen-bond acceptors (Lipinski definition) is 3. The van der Waals surface area contributed by atoms with Crippen molar-refractivity contribution in [3.63, 3.8) is 0 Å². The number of ether oxygens (including phenoxy) is 1. The molecule has 2 unspecified atom stereocenters. The van der Waals surface area contributed by atoms with Gasteiger partial charge in [-0.15, -0.1) is 12.4 Å². The van der Waals surface area contributed by atoms with E-state index in [9.17, 15) is 4.79 Å². The molecule has 0 radical (unpaired) electrons. The maximum atomic E-state index is 12.2. The van der Waals surface area contributed by atoms with Crippen LogP contribution in [-0.2, 0) is 9.53 Å². The Kier molecular flexibility index (Phi) is 5.44. The van der Waals surface area contributed by atoms with Crippen LogP contribution in [0.4, 0.5) is 0 Å². The maximum absolute atomic E-state index is 12.2. The van der Waals surface area contributed by atoms with Gasteiger partial charge in [0.15, 0.2) is 0 Å². The summed E-state index contributed by atoms with van der Waals surface area (Å²) < 4.78 is 5.82. The van der Waals surface area contributed by atoms with Gasteiger partial charge in [0, 0.05) is 19.5 Å². The minimum absolute atomic E-state index is 0. The smallest absolute Gasteiger partial charge is 0.223 e. The highest BCUT2D eigenvalue weighted by molar-refractivity contribution is 5.85. The molecule has 2 atom stereocenters. The molecule has 0 saturated carbocycles. The Morgan fingerprint density at radius 2 is 2.22 bits per heavy atom. The molecule has 0 bridgehead atoms. The fourth-order valence-corrected chi connectivity index (χ4v) is 2.91. The van der Waals surface area contributed by atoms with E-state index in [1.165, 1.54) is 0 Å². The van der Waals surface area contributed by atoms with Gasteiger partial charge in [0.25, 0.3) is 0 Å². The van der Waals surface area contributed by atoms with Crippen molar-refractivity contribution >= 4 is 18.3 Å². The summed E-state index contributed by atoms with van der Waals surface area (Å²) in [4.78, 5) is 14.2. The Morgan fingerprint density at radius 1 is 1.50 bits per heavy atom. The Labute approximate surface area is 116 Å². The molecule has 1 amide bonds. The number of rotatable bonds is 2. The lowest BCUT2D eigenvalue weighted by molar-refractivity contribution is -0.158. The van der Waals surface area contributed by atoms with Crippen LogP contribution in [0.2, 0.25) is 0 Å². The van der Waals surface area contributed by atoms with Gasteiger partial charge in [0.05, 0.1) is 11.7 Å². The van der Waals surface area contributed by atoms with Crippen molar-refractivity contribution in [2.45, 2.75) is 45.3 Å². The number of carbonyl (C=O) groups excluding carboxylic acids is 1. The maximum Gasteiger partial charge on any atom is 0.223 e. The van der Waals surface area contributed by atoms with Crippen LogP contribution < -0.4 is 5.32 Å². The molecule has 2 heterocycles. The Balaban J connectivity index is 0.00000162. The molecule has 4 nitrogen and oxygen atoms in total. The first-order valence-electron chi connectivity index (χ1n) is 6.62. The van der Waals surface area contributed by atoms with Crippen LogP contribution in [0.3, 0.4) is 0 Å². The van der Waals surface area contributed by atoms with E-state index in [1.807, 2.05) is 11.8 Å². The molecule has 2 rings (SSSR count). The number of amides is 1. The van der Waals surface area contributed by atoms with Crippen molar-refractivity contribution in [1.29, 1.82) is 0 Å². The predicted octanol–water partition coefficient (Wildman–Crippen LogP) is 1.43. The second kappa shape index (κ2) is 6.22. The van der Waals surface area contributed by atoms with Crippen molar-refractivity contribution in [3.05, 3.63) is 0 Å². The van der Waals surface area contributed by atoms with Crippen molar-refractivity contribution in [3.8, 4) is 0 Å². The van der Waals surface area contributed by atoms with Gasteiger partial charge >= 0.3 is 0 Å². The summed E-state index contributed by atoms with van der Waals surface area (Å²) >= 11 is 0. The third-order valence-electron chi connectivity index (χ3n) is 3.55. The average Bonchev–Trinajstić information content (AvgIpc) is 2.67. The molecule has 0 aromatic heterocycles. The van der Waals surface area contributed by atoms with E-state index in [1.54, 1.807) is 0 Å². The lowest BCUT2D eigenvalue weighted by Crippen LogP contribution is -2.54. The molecule has 18 heavy (non-hydrogen) atoms. The fraction of sp³-hybridized carbons (Fsp3) is 0.923. The molecular formula is C13H25ClN2O2. The van der Waals surface area contributed by atoms with E-state index in [0.29, 0.717) is 18.2 Å². The number of halogens is 1. The van der Waals surface area contributed by atoms with Crippen molar-refractivity contribution < 1.29 is 9.53 Å². The van der Waals surface area contributed by atoms with Crippen LogP contribution >= 0.6 is 12.4 Å². The first kappa shape index (κ1) is 15.7. The molecule has 0 spiro atoms. The second-order valence-electron chi connectivity index (χ2n) is 6.03. The summed E-state index contributed by atoms with van der Waals surface area (Å²) in [6, 6.07) is 0. The van der Waals surface area contributed by atoms with Gasteiger partial charge in [0.2, 0.25) is 5.91 Å². The number of nitrogens with zero attached hydrogens (tertiary/aromatic N) is 1. The van der Waals surface area contributed by atoms with E-state index in [4.69, 9.17) is 4.74 Å². The van der Waals surface area contributed by atoms with E-state index in [-0.39, 0.29) is 24.1 Å². The van der Waals surface area contributed by atoms with E-state index in [0.717, 1.165) is 32.6 Å². The first-order valence-corrected chi connectivity index (χ1v) is 6.62. The summed E-state index contributed by atoms with van der Waals surface area (Å²) in [5, 5.41) is 3.31. The van der Waals surface area contributed by atoms with Gasteiger partial charge < -0.3 is 15.0 Å². The zero-order valence-electron chi connectivity index (χ0n) is 11.6. The lowest BCUT2D eigenvalue weighted by Gasteiger charge is -2.42. The summed E-state index contributed by atoms with van der Waals surface area (Å²) in [7, 11) is 0. The third kappa shape index (κ3) is 4.11. The lowest BCUT2D eigenvalue weighted by atomic mass is 10.0. The zero-order chi connectivity index (χ0) is 12.5. The Hall–Kier alpha value is -0.320. The van der Waals surface area contributed by atoms with Gasteiger partial charge in [-0.05, 0) is 46.2 Å². The van der Waals surface area contributed by atoms with Crippen LogP contribution in [-0.4, -0.2) is 48.7 Å². The first-order chi connectivity index (χ1) is 7.96. The molecule has 0 aromatic carbocycles. The van der Waals surface area contributed by atoms with Gasteiger partial charge in [-0.25, -0.2) is 0 Å². The van der Waals surface area contributed by atoms with Crippen molar-refractivity contribution in [2.75, 3.05) is 26.2 Å². The Morgan fingerprint density at radius 3 is 2.78 bits per heavy atom. The fourth-order valence-electron chi connectivity index (χ4n) is 2.91. The minimum Gasteiger partial charge on any atom is -0.369 e. The van der Waals surface area contributed by atoms with Crippen LogP contribution in [0.1, 0.15) is 33.6 Å². The van der Waals surface area contributed by atoms with Crippen LogP contribution in [0, 0.1) is 5.92 Å². The summed E-state index contributed by atoms with van der Waals surface area (Å²) in [6.07, 6.45) is 1.97. The molecule has 106 valence electrons. The highest BCUT2D eigenvalue weighted by atomic mass is 35.5. The summed E-state index contributed by atoms with van der Waals surface area (Å²) in [6.45, 7) is 9.66. The molecular weight excluding hydrogens is 252 g/mol. The van der Waals surface area contributed by atoms with E-state index >= 15 is 0 Å². The van der Waals surface area contributed by atoms with Crippen LogP contribution in [0.5, 0.6) is 0 Å². The van der Waals surface area contributed by atoms with Gasteiger partial charge in [-0.3, -0.25) is 4.79 Å². The predicted molar refractivity (Wildman–Crippen MR) is 74.0 cm³/mol. The Bertz CT molecular complexity index is 291. The number of carbonyl (C=O) groups is 1. The molecule has 2 fully saturated rings. The zero-order valence-corrected chi connectivity index (χ0v) is 12.4. The molecule has 2 saturated heterocycles. The van der Waals surface area contributed by atoms with E-state index < -0.39 is 0 Å². The monoisotopic (exact) mass is 276 g/mol. The molecule has 0 aliphatic carbocycles. The summed E-state index contributed by atoms with van der Waals surface area (Å²) in [5.74, 6) is 0.825. The van der Waals surface area contributed by atoms with Gasteiger partial charge in [-0.1, -0.05) is 0 Å². The summed E-state index contributed by atoms with van der Waals surface area (Å²) in [5.41, 5.74) is -0.207. The largest absolute Gasteiger partial charge is 0.369 e. The quantitative estimate of drug-likeness (QED) is 0.830. The topological polar surface area (TPSA) is 41.6 Å². The minimum atomic E-state index is -0.207. The van der Waals surface area contributed by atoms with Gasteiger partial charge in [-0.2, -0.15) is 0 Å². The SMILES string of the molecule is CC1CN(C(=O)CC2CCNC2)CC(C)(C)O1.Cl.